The van der Waals surface area contributed by atoms with Crippen LogP contribution in [0.2, 0.25) is 0 Å². The first kappa shape index (κ1) is 21.1. The van der Waals surface area contributed by atoms with Crippen molar-refractivity contribution >= 4 is 33.5 Å². The molecule has 3 atom stereocenters. The van der Waals surface area contributed by atoms with E-state index in [1.54, 1.807) is 6.92 Å². The molecule has 0 N–H and O–H groups in total. The molecule has 158 valence electrons. The second-order valence-electron chi connectivity index (χ2n) is 8.57. The molecule has 0 radical (unpaired) electrons. The van der Waals surface area contributed by atoms with E-state index >= 15 is 0 Å². The zero-order chi connectivity index (χ0) is 21.3. The smallest absolute Gasteiger partial charge is 0.306 e. The zero-order valence-electron chi connectivity index (χ0n) is 17.5. The molecule has 0 bridgehead atoms. The van der Waals surface area contributed by atoms with Crippen molar-refractivity contribution in [3.8, 4) is 0 Å². The van der Waals surface area contributed by atoms with Crippen LogP contribution in [0.15, 0.2) is 53.0 Å². The van der Waals surface area contributed by atoms with Crippen molar-refractivity contribution in [2.45, 2.75) is 58.1 Å². The van der Waals surface area contributed by atoms with E-state index in [9.17, 15) is 9.59 Å². The summed E-state index contributed by atoms with van der Waals surface area (Å²) in [7, 11) is 0. The zero-order valence-corrected chi connectivity index (χ0v) is 19.1. The van der Waals surface area contributed by atoms with Crippen molar-refractivity contribution in [3.05, 3.63) is 64.1 Å². The Kier molecular flexibility index (Phi) is 6.28. The molecule has 0 spiro atoms. The molecule has 1 aliphatic carbocycles. The number of benzene rings is 2. The van der Waals surface area contributed by atoms with Gasteiger partial charge in [-0.15, -0.1) is 0 Å². The average molecular weight is 470 g/mol. The van der Waals surface area contributed by atoms with Crippen LogP contribution in [-0.2, 0) is 20.9 Å². The number of fused-ring (bicyclic) bond motifs is 1. The van der Waals surface area contributed by atoms with Crippen molar-refractivity contribution in [3.63, 3.8) is 0 Å². The number of nitrogens with zero attached hydrogens (tertiary/aromatic N) is 1. The van der Waals surface area contributed by atoms with Crippen LogP contribution in [-0.4, -0.2) is 17.9 Å². The van der Waals surface area contributed by atoms with Gasteiger partial charge in [-0.3, -0.25) is 9.59 Å². The third kappa shape index (κ3) is 4.46. The van der Waals surface area contributed by atoms with Gasteiger partial charge < -0.3 is 9.64 Å². The van der Waals surface area contributed by atoms with Crippen molar-refractivity contribution in [1.82, 2.24) is 0 Å². The van der Waals surface area contributed by atoms with Crippen LogP contribution in [0.4, 0.5) is 5.69 Å². The number of hydrogen-bond donors (Lipinski definition) is 0. The lowest BCUT2D eigenvalue weighted by molar-refractivity contribution is -0.145. The normalized spacial score (nSPS) is 23.0. The summed E-state index contributed by atoms with van der Waals surface area (Å²) in [6.45, 7) is 4.21. The molecule has 4 nitrogen and oxygen atoms in total. The van der Waals surface area contributed by atoms with Gasteiger partial charge in [0, 0.05) is 29.5 Å². The number of halogens is 1. The predicted molar refractivity (Wildman–Crippen MR) is 121 cm³/mol. The maximum absolute atomic E-state index is 12.6. The summed E-state index contributed by atoms with van der Waals surface area (Å²) in [6.07, 6.45) is 3.46. The van der Waals surface area contributed by atoms with Crippen LogP contribution in [0.1, 0.15) is 56.6 Å². The van der Waals surface area contributed by atoms with Gasteiger partial charge in [0.15, 0.2) is 0 Å². The van der Waals surface area contributed by atoms with Gasteiger partial charge in [0.1, 0.15) is 6.61 Å². The lowest BCUT2D eigenvalue weighted by Gasteiger charge is -2.45. The highest BCUT2D eigenvalue weighted by molar-refractivity contribution is 9.10. The minimum atomic E-state index is -0.167. The lowest BCUT2D eigenvalue weighted by Crippen LogP contribution is -2.50. The molecule has 5 heteroatoms. The van der Waals surface area contributed by atoms with Crippen molar-refractivity contribution in [2.75, 3.05) is 4.90 Å². The van der Waals surface area contributed by atoms with Gasteiger partial charge in [-0.2, -0.15) is 0 Å². The molecule has 0 saturated heterocycles. The predicted octanol–water partition coefficient (Wildman–Crippen LogP) is 5.84. The van der Waals surface area contributed by atoms with Gasteiger partial charge in [-0.1, -0.05) is 53.2 Å². The minimum Gasteiger partial charge on any atom is -0.461 e. The van der Waals surface area contributed by atoms with Gasteiger partial charge in [-0.05, 0) is 66.3 Å². The molecule has 1 amide bonds. The Bertz CT molecular complexity index is 925. The summed E-state index contributed by atoms with van der Waals surface area (Å²) in [6, 6.07) is 16.1. The molecule has 1 aliphatic heterocycles. The van der Waals surface area contributed by atoms with Crippen LogP contribution in [0.5, 0.6) is 0 Å². The van der Waals surface area contributed by atoms with Crippen LogP contribution < -0.4 is 4.90 Å². The Labute approximate surface area is 186 Å². The van der Waals surface area contributed by atoms with Crippen LogP contribution >= 0.6 is 15.9 Å². The number of ether oxygens (including phenoxy) is 1. The van der Waals surface area contributed by atoms with Crippen molar-refractivity contribution in [2.24, 2.45) is 11.8 Å². The van der Waals surface area contributed by atoms with E-state index in [-0.39, 0.29) is 23.8 Å². The molecule has 2 aromatic carbocycles. The highest BCUT2D eigenvalue weighted by atomic mass is 79.9. The first-order valence-electron chi connectivity index (χ1n) is 10.7. The fourth-order valence-corrected chi connectivity index (χ4v) is 5.30. The maximum Gasteiger partial charge on any atom is 0.306 e. The molecule has 30 heavy (non-hydrogen) atoms. The monoisotopic (exact) mass is 469 g/mol. The number of amides is 1. The van der Waals surface area contributed by atoms with Gasteiger partial charge in [-0.25, -0.2) is 0 Å². The summed E-state index contributed by atoms with van der Waals surface area (Å²) in [5.74, 6) is 1.02. The highest BCUT2D eigenvalue weighted by Crippen LogP contribution is 2.51. The Morgan fingerprint density at radius 2 is 1.87 bits per heavy atom. The minimum absolute atomic E-state index is 0.100. The third-order valence-electron chi connectivity index (χ3n) is 6.47. The second kappa shape index (κ2) is 8.93. The molecule has 0 aromatic heterocycles. The Morgan fingerprint density at radius 1 is 1.13 bits per heavy atom. The number of hydrogen-bond acceptors (Lipinski definition) is 3. The van der Waals surface area contributed by atoms with E-state index in [2.05, 4.69) is 28.9 Å². The summed E-state index contributed by atoms with van der Waals surface area (Å²) in [4.78, 5) is 27.0. The molecule has 2 aliphatic rings. The Hall–Kier alpha value is -2.14. The summed E-state index contributed by atoms with van der Waals surface area (Å²) in [5, 5.41) is 0. The first-order chi connectivity index (χ1) is 14.5. The topological polar surface area (TPSA) is 46.6 Å². The van der Waals surface area contributed by atoms with E-state index < -0.39 is 0 Å². The molecular formula is C25H28BrNO3. The number of carbonyl (C=O) groups excluding carboxylic acids is 2. The maximum atomic E-state index is 12.6. The van der Waals surface area contributed by atoms with Gasteiger partial charge in [0.25, 0.3) is 0 Å². The number of anilines is 1. The average Bonchev–Trinajstić information content (AvgIpc) is 3.56. The second-order valence-corrected chi connectivity index (χ2v) is 9.49. The number of rotatable bonds is 6. The first-order valence-corrected chi connectivity index (χ1v) is 11.5. The van der Waals surface area contributed by atoms with Crippen LogP contribution in [0, 0.1) is 11.8 Å². The van der Waals surface area contributed by atoms with E-state index in [0.29, 0.717) is 24.9 Å². The SMILES string of the molecule is CC(=O)N1c2ccc(Br)cc2[C@H](CCC(=O)OCc2ccccc2)[C@@H](C)[C@@H]1C1CC1. The fraction of sp³-hybridized carbons (Fsp3) is 0.440. The summed E-state index contributed by atoms with van der Waals surface area (Å²) in [5.41, 5.74) is 3.15. The standard InChI is InChI=1S/C25H28BrNO3/c1-16-21(11-13-24(29)30-15-18-6-4-3-5-7-18)22-14-20(26)10-12-23(22)27(17(2)28)25(16)19-8-9-19/h3-7,10,12,14,16,19,21,25H,8-9,11,13,15H2,1-2H3/t16-,21-,25-/m1/s1. The Morgan fingerprint density at radius 3 is 2.53 bits per heavy atom. The van der Waals surface area contributed by atoms with Crippen molar-refractivity contribution < 1.29 is 14.3 Å². The van der Waals surface area contributed by atoms with Gasteiger partial charge in [0.05, 0.1) is 0 Å². The largest absolute Gasteiger partial charge is 0.461 e. The third-order valence-corrected chi connectivity index (χ3v) is 6.96. The van der Waals surface area contributed by atoms with Crippen LogP contribution in [0.3, 0.4) is 0 Å². The lowest BCUT2D eigenvalue weighted by atomic mass is 9.73. The van der Waals surface area contributed by atoms with Crippen molar-refractivity contribution in [1.29, 1.82) is 0 Å². The molecule has 0 unspecified atom stereocenters. The van der Waals surface area contributed by atoms with E-state index in [0.717, 1.165) is 27.7 Å². The fourth-order valence-electron chi connectivity index (χ4n) is 4.92. The van der Waals surface area contributed by atoms with Crippen LogP contribution in [0.25, 0.3) is 0 Å². The van der Waals surface area contributed by atoms with E-state index in [1.165, 1.54) is 12.8 Å². The van der Waals surface area contributed by atoms with E-state index in [1.807, 2.05) is 47.4 Å². The Balaban J connectivity index is 1.51. The number of carbonyl (C=O) groups is 2. The highest BCUT2D eigenvalue weighted by Gasteiger charge is 2.47. The molecular weight excluding hydrogens is 442 g/mol. The molecule has 1 heterocycles. The quantitative estimate of drug-likeness (QED) is 0.499. The molecule has 1 saturated carbocycles. The molecule has 4 rings (SSSR count). The van der Waals surface area contributed by atoms with E-state index in [4.69, 9.17) is 4.74 Å². The van der Waals surface area contributed by atoms with Gasteiger partial charge in [0.2, 0.25) is 5.91 Å². The number of esters is 1. The molecule has 2 aromatic rings. The molecule has 1 fully saturated rings. The summed E-state index contributed by atoms with van der Waals surface area (Å²) < 4.78 is 6.50. The summed E-state index contributed by atoms with van der Waals surface area (Å²) >= 11 is 3.59. The van der Waals surface area contributed by atoms with Gasteiger partial charge >= 0.3 is 5.97 Å².